The molecule has 2 unspecified atom stereocenters. The Balaban J connectivity index is 1.97. The van der Waals surface area contributed by atoms with E-state index in [4.69, 9.17) is 17.3 Å². The molecule has 17 heavy (non-hydrogen) atoms. The Morgan fingerprint density at radius 3 is 2.53 bits per heavy atom. The van der Waals surface area contributed by atoms with Crippen LogP contribution in [0.25, 0.3) is 0 Å². The summed E-state index contributed by atoms with van der Waals surface area (Å²) in [4.78, 5) is 2.20. The maximum Gasteiger partial charge on any atom is 0.165 e. The van der Waals surface area contributed by atoms with Crippen LogP contribution in [0, 0.1) is 5.82 Å². The predicted molar refractivity (Wildman–Crippen MR) is 67.9 cm³/mol. The highest BCUT2D eigenvalue weighted by Gasteiger charge is 2.40. The number of hydrogen-bond acceptors (Lipinski definition) is 2. The van der Waals surface area contributed by atoms with Crippen LogP contribution < -0.4 is 10.6 Å². The average molecular weight is 255 g/mol. The van der Waals surface area contributed by atoms with E-state index < -0.39 is 0 Å². The molecule has 0 aliphatic carbocycles. The van der Waals surface area contributed by atoms with Crippen LogP contribution in [0.5, 0.6) is 0 Å². The standard InChI is InChI=1S/C13H16ClFN2/c14-11-2-1-3-12(13(11)15)17-9-4-5-10(17)7-8(16)6-9/h1-3,8-10H,4-7,16H2. The minimum atomic E-state index is -0.290. The van der Waals surface area contributed by atoms with Gasteiger partial charge in [0.25, 0.3) is 0 Å². The molecule has 0 saturated carbocycles. The summed E-state index contributed by atoms with van der Waals surface area (Å²) >= 11 is 5.85. The van der Waals surface area contributed by atoms with Crippen molar-refractivity contribution in [3.05, 3.63) is 29.0 Å². The van der Waals surface area contributed by atoms with Crippen molar-refractivity contribution in [3.63, 3.8) is 0 Å². The third-order valence-electron chi connectivity index (χ3n) is 3.98. The van der Waals surface area contributed by atoms with Gasteiger partial charge in [0.15, 0.2) is 5.82 Å². The first kappa shape index (κ1) is 11.3. The number of anilines is 1. The second kappa shape index (κ2) is 4.14. The smallest absolute Gasteiger partial charge is 0.165 e. The first-order valence-corrected chi connectivity index (χ1v) is 6.52. The molecule has 2 fully saturated rings. The highest BCUT2D eigenvalue weighted by molar-refractivity contribution is 6.31. The molecule has 1 aromatic carbocycles. The third kappa shape index (κ3) is 1.81. The maximum absolute atomic E-state index is 14.1. The Morgan fingerprint density at radius 2 is 1.88 bits per heavy atom. The van der Waals surface area contributed by atoms with Gasteiger partial charge in [-0.2, -0.15) is 0 Å². The van der Waals surface area contributed by atoms with Crippen LogP contribution in [-0.2, 0) is 0 Å². The molecule has 4 heteroatoms. The Labute approximate surface area is 106 Å². The summed E-state index contributed by atoms with van der Waals surface area (Å²) in [6.07, 6.45) is 4.15. The van der Waals surface area contributed by atoms with Gasteiger partial charge in [-0.05, 0) is 37.8 Å². The van der Waals surface area contributed by atoms with E-state index in [2.05, 4.69) is 4.90 Å². The van der Waals surface area contributed by atoms with E-state index in [1.165, 1.54) is 0 Å². The largest absolute Gasteiger partial charge is 0.363 e. The minimum absolute atomic E-state index is 0.205. The van der Waals surface area contributed by atoms with Crippen molar-refractivity contribution in [1.29, 1.82) is 0 Å². The molecule has 0 amide bonds. The van der Waals surface area contributed by atoms with Crippen LogP contribution in [0.15, 0.2) is 18.2 Å². The van der Waals surface area contributed by atoms with Gasteiger partial charge in [-0.1, -0.05) is 17.7 Å². The minimum Gasteiger partial charge on any atom is -0.363 e. The lowest BCUT2D eigenvalue weighted by molar-refractivity contribution is 0.410. The Morgan fingerprint density at radius 1 is 1.24 bits per heavy atom. The maximum atomic E-state index is 14.1. The van der Waals surface area contributed by atoms with Crippen LogP contribution >= 0.6 is 11.6 Å². The van der Waals surface area contributed by atoms with E-state index in [1.54, 1.807) is 6.07 Å². The molecule has 2 atom stereocenters. The number of nitrogens with two attached hydrogens (primary N) is 1. The van der Waals surface area contributed by atoms with Gasteiger partial charge in [0, 0.05) is 18.1 Å². The number of piperidine rings is 1. The number of rotatable bonds is 1. The van der Waals surface area contributed by atoms with Crippen LogP contribution in [0.4, 0.5) is 10.1 Å². The van der Waals surface area contributed by atoms with Crippen molar-refractivity contribution < 1.29 is 4.39 Å². The molecule has 92 valence electrons. The van der Waals surface area contributed by atoms with Gasteiger partial charge in [-0.15, -0.1) is 0 Å². The fourth-order valence-electron chi connectivity index (χ4n) is 3.30. The fraction of sp³-hybridized carbons (Fsp3) is 0.538. The highest BCUT2D eigenvalue weighted by Crippen LogP contribution is 2.40. The molecule has 0 radical (unpaired) electrons. The third-order valence-corrected chi connectivity index (χ3v) is 4.27. The van der Waals surface area contributed by atoms with Crippen LogP contribution in [-0.4, -0.2) is 18.1 Å². The molecule has 2 heterocycles. The summed E-state index contributed by atoms with van der Waals surface area (Å²) in [5.41, 5.74) is 6.67. The molecular formula is C13H16ClFN2. The molecule has 0 spiro atoms. The zero-order valence-electron chi connectivity index (χ0n) is 9.57. The van der Waals surface area contributed by atoms with Gasteiger partial charge in [0.05, 0.1) is 10.7 Å². The number of fused-ring (bicyclic) bond motifs is 2. The average Bonchev–Trinajstić information content (AvgIpc) is 2.55. The summed E-state index contributed by atoms with van der Waals surface area (Å²) < 4.78 is 14.1. The highest BCUT2D eigenvalue weighted by atomic mass is 35.5. The molecule has 2 aliphatic rings. The zero-order chi connectivity index (χ0) is 12.0. The summed E-state index contributed by atoms with van der Waals surface area (Å²) in [6.45, 7) is 0. The van der Waals surface area contributed by atoms with Gasteiger partial charge in [-0.3, -0.25) is 0 Å². The van der Waals surface area contributed by atoms with E-state index in [9.17, 15) is 4.39 Å². The van der Waals surface area contributed by atoms with Crippen molar-refractivity contribution in [3.8, 4) is 0 Å². The lowest BCUT2D eigenvalue weighted by Crippen LogP contribution is -2.47. The Bertz CT molecular complexity index is 423. The topological polar surface area (TPSA) is 29.3 Å². The van der Waals surface area contributed by atoms with Crippen LogP contribution in [0.2, 0.25) is 5.02 Å². The van der Waals surface area contributed by atoms with Crippen molar-refractivity contribution >= 4 is 17.3 Å². The molecule has 2 saturated heterocycles. The monoisotopic (exact) mass is 254 g/mol. The molecule has 2 N–H and O–H groups in total. The molecule has 2 nitrogen and oxygen atoms in total. The molecule has 1 aromatic rings. The number of benzene rings is 1. The Hall–Kier alpha value is -0.800. The van der Waals surface area contributed by atoms with E-state index in [0.717, 1.165) is 25.7 Å². The SMILES string of the molecule is NC1CC2CCC(C1)N2c1cccc(Cl)c1F. The lowest BCUT2D eigenvalue weighted by atomic mass is 9.97. The molecule has 2 aliphatic heterocycles. The fourth-order valence-corrected chi connectivity index (χ4v) is 3.47. The molecule has 0 aromatic heterocycles. The molecule has 2 bridgehead atoms. The van der Waals surface area contributed by atoms with E-state index in [0.29, 0.717) is 17.8 Å². The van der Waals surface area contributed by atoms with Crippen molar-refractivity contribution in [2.45, 2.75) is 43.8 Å². The van der Waals surface area contributed by atoms with Crippen molar-refractivity contribution in [2.75, 3.05) is 4.90 Å². The first-order valence-electron chi connectivity index (χ1n) is 6.14. The van der Waals surface area contributed by atoms with Crippen molar-refractivity contribution in [2.24, 2.45) is 5.73 Å². The van der Waals surface area contributed by atoms with E-state index >= 15 is 0 Å². The summed E-state index contributed by atoms with van der Waals surface area (Å²) in [6, 6.07) is 6.27. The zero-order valence-corrected chi connectivity index (χ0v) is 10.3. The lowest BCUT2D eigenvalue weighted by Gasteiger charge is -2.39. The number of nitrogens with zero attached hydrogens (tertiary/aromatic N) is 1. The van der Waals surface area contributed by atoms with E-state index in [-0.39, 0.29) is 16.9 Å². The Kier molecular flexibility index (Phi) is 2.75. The second-order valence-electron chi connectivity index (χ2n) is 5.10. The quantitative estimate of drug-likeness (QED) is 0.835. The predicted octanol–water partition coefficient (Wildman–Crippen LogP) is 2.94. The van der Waals surface area contributed by atoms with Gasteiger partial charge in [-0.25, -0.2) is 4.39 Å². The molecular weight excluding hydrogens is 239 g/mol. The second-order valence-corrected chi connectivity index (χ2v) is 5.50. The summed E-state index contributed by atoms with van der Waals surface area (Å²) in [5, 5.41) is 0.205. The van der Waals surface area contributed by atoms with Crippen LogP contribution in [0.3, 0.4) is 0 Å². The normalized spacial score (nSPS) is 31.9. The van der Waals surface area contributed by atoms with Gasteiger partial charge < -0.3 is 10.6 Å². The van der Waals surface area contributed by atoms with Gasteiger partial charge in [0.2, 0.25) is 0 Å². The van der Waals surface area contributed by atoms with Gasteiger partial charge in [0.1, 0.15) is 0 Å². The number of halogens is 2. The summed E-state index contributed by atoms with van der Waals surface area (Å²) in [7, 11) is 0. The van der Waals surface area contributed by atoms with Gasteiger partial charge >= 0.3 is 0 Å². The van der Waals surface area contributed by atoms with E-state index in [1.807, 2.05) is 12.1 Å². The number of hydrogen-bond donors (Lipinski definition) is 1. The van der Waals surface area contributed by atoms with Crippen molar-refractivity contribution in [1.82, 2.24) is 0 Å². The molecule has 3 rings (SSSR count). The van der Waals surface area contributed by atoms with Crippen LogP contribution in [0.1, 0.15) is 25.7 Å². The first-order chi connectivity index (χ1) is 8.16. The summed E-state index contributed by atoms with van der Waals surface area (Å²) in [5.74, 6) is -0.290.